The summed E-state index contributed by atoms with van der Waals surface area (Å²) in [6, 6.07) is 1.82. The Morgan fingerprint density at radius 1 is 1.56 bits per heavy atom. The number of nitrogens with one attached hydrogen (secondary N) is 1. The quantitative estimate of drug-likeness (QED) is 0.617. The maximum absolute atomic E-state index is 7.92. The molecule has 0 saturated carbocycles. The Balaban J connectivity index is 2.80. The highest BCUT2D eigenvalue weighted by Gasteiger charge is 2.12. The van der Waals surface area contributed by atoms with Gasteiger partial charge in [-0.2, -0.15) is 0 Å². The van der Waals surface area contributed by atoms with E-state index in [1.807, 2.05) is 25.9 Å². The highest BCUT2D eigenvalue weighted by molar-refractivity contribution is 6.29. The van der Waals surface area contributed by atoms with Crippen LogP contribution in [-0.4, -0.2) is 40.7 Å². The maximum atomic E-state index is 7.92. The van der Waals surface area contributed by atoms with Gasteiger partial charge in [0.15, 0.2) is 0 Å². The fourth-order valence-corrected chi connectivity index (χ4v) is 1.36. The first-order valence-electron chi connectivity index (χ1n) is 4.94. The number of anilines is 1. The van der Waals surface area contributed by atoms with E-state index < -0.39 is 0 Å². The Kier molecular flexibility index (Phi) is 4.20. The van der Waals surface area contributed by atoms with Crippen molar-refractivity contribution >= 4 is 23.3 Å². The number of halogens is 1. The second kappa shape index (κ2) is 5.23. The lowest BCUT2D eigenvalue weighted by Gasteiger charge is -2.19. The summed E-state index contributed by atoms with van der Waals surface area (Å²) >= 11 is 5.76. The van der Waals surface area contributed by atoms with Gasteiger partial charge in [-0.1, -0.05) is 11.6 Å². The van der Waals surface area contributed by atoms with Gasteiger partial charge in [0.1, 0.15) is 5.15 Å². The van der Waals surface area contributed by atoms with Gasteiger partial charge in [0.2, 0.25) is 5.95 Å². The minimum Gasteiger partial charge on any atom is -0.368 e. The molecule has 3 N–H and O–H groups in total. The first kappa shape index (κ1) is 12.9. The molecule has 0 amide bonds. The van der Waals surface area contributed by atoms with Crippen molar-refractivity contribution in [2.45, 2.75) is 19.4 Å². The van der Waals surface area contributed by atoms with Crippen molar-refractivity contribution in [2.24, 2.45) is 0 Å². The summed E-state index contributed by atoms with van der Waals surface area (Å²) in [5, 5.41) is 8.18. The van der Waals surface area contributed by atoms with E-state index in [9.17, 15) is 0 Å². The molecule has 5 nitrogen and oxygen atoms in total. The molecule has 1 atom stereocenters. The summed E-state index contributed by atoms with van der Waals surface area (Å²) in [6.07, 6.45) is 0.597. The largest absolute Gasteiger partial charge is 0.368 e. The summed E-state index contributed by atoms with van der Waals surface area (Å²) in [5.74, 6) is 0.102. The molecule has 6 heteroatoms. The van der Waals surface area contributed by atoms with Gasteiger partial charge in [-0.3, -0.25) is 0 Å². The molecular weight excluding hydrogens is 226 g/mol. The standard InChI is InChI=1S/C10H16ClN5/c1-6(16(2)3)4-7(12)8-5-9(11)15-10(13)14-8/h5-6,12H,4H2,1-3H3,(H2,13,14,15). The molecule has 1 rings (SSSR count). The van der Waals surface area contributed by atoms with E-state index >= 15 is 0 Å². The second-order valence-corrected chi connectivity index (χ2v) is 4.32. The van der Waals surface area contributed by atoms with Crippen LogP contribution in [0.15, 0.2) is 6.07 Å². The zero-order valence-corrected chi connectivity index (χ0v) is 10.4. The van der Waals surface area contributed by atoms with Gasteiger partial charge in [0, 0.05) is 18.5 Å². The van der Waals surface area contributed by atoms with Crippen molar-refractivity contribution in [1.82, 2.24) is 14.9 Å². The average molecular weight is 242 g/mol. The molecule has 1 heterocycles. The predicted octanol–water partition coefficient (Wildman–Crippen LogP) is 1.42. The summed E-state index contributed by atoms with van der Waals surface area (Å²) in [7, 11) is 3.94. The molecule has 0 aromatic carbocycles. The third-order valence-electron chi connectivity index (χ3n) is 2.40. The zero-order valence-electron chi connectivity index (χ0n) is 9.66. The van der Waals surface area contributed by atoms with Crippen LogP contribution >= 0.6 is 11.6 Å². The number of nitrogens with two attached hydrogens (primary N) is 1. The van der Waals surface area contributed by atoms with Gasteiger partial charge in [0.05, 0.1) is 11.4 Å². The van der Waals surface area contributed by atoms with Gasteiger partial charge >= 0.3 is 0 Å². The Bertz CT molecular complexity index is 371. The molecule has 0 bridgehead atoms. The van der Waals surface area contributed by atoms with Crippen molar-refractivity contribution < 1.29 is 0 Å². The molecular formula is C10H16ClN5. The van der Waals surface area contributed by atoms with E-state index in [4.69, 9.17) is 22.7 Å². The molecule has 0 aliphatic heterocycles. The van der Waals surface area contributed by atoms with E-state index in [-0.39, 0.29) is 17.1 Å². The fourth-order valence-electron chi connectivity index (χ4n) is 1.17. The monoisotopic (exact) mass is 241 g/mol. The molecule has 1 unspecified atom stereocenters. The number of aromatic nitrogens is 2. The van der Waals surface area contributed by atoms with E-state index in [0.29, 0.717) is 17.8 Å². The third-order valence-corrected chi connectivity index (χ3v) is 2.60. The Labute approximate surface area is 100 Å². The number of rotatable bonds is 4. The normalized spacial score (nSPS) is 12.8. The van der Waals surface area contributed by atoms with Crippen molar-refractivity contribution in [1.29, 1.82) is 5.41 Å². The molecule has 16 heavy (non-hydrogen) atoms. The number of nitrogens with zero attached hydrogens (tertiary/aromatic N) is 3. The lowest BCUT2D eigenvalue weighted by molar-refractivity contribution is 0.321. The topological polar surface area (TPSA) is 78.9 Å². The fraction of sp³-hybridized carbons (Fsp3) is 0.500. The molecule has 0 aliphatic rings. The minimum atomic E-state index is 0.102. The number of nitrogen functional groups attached to an aromatic ring is 1. The molecule has 0 spiro atoms. The Morgan fingerprint density at radius 3 is 2.69 bits per heavy atom. The summed E-state index contributed by atoms with van der Waals surface area (Å²) in [4.78, 5) is 9.78. The maximum Gasteiger partial charge on any atom is 0.222 e. The zero-order chi connectivity index (χ0) is 12.3. The first-order valence-corrected chi connectivity index (χ1v) is 5.32. The highest BCUT2D eigenvalue weighted by Crippen LogP contribution is 2.12. The number of hydrogen-bond acceptors (Lipinski definition) is 5. The van der Waals surface area contributed by atoms with Crippen LogP contribution in [0.3, 0.4) is 0 Å². The van der Waals surface area contributed by atoms with Crippen LogP contribution in [0.25, 0.3) is 0 Å². The highest BCUT2D eigenvalue weighted by atomic mass is 35.5. The minimum absolute atomic E-state index is 0.102. The third kappa shape index (κ3) is 3.43. The lowest BCUT2D eigenvalue weighted by atomic mass is 10.1. The van der Waals surface area contributed by atoms with E-state index in [2.05, 4.69) is 9.97 Å². The second-order valence-electron chi connectivity index (χ2n) is 3.93. The van der Waals surface area contributed by atoms with Crippen LogP contribution < -0.4 is 5.73 Å². The van der Waals surface area contributed by atoms with Crippen molar-refractivity contribution in [3.63, 3.8) is 0 Å². The average Bonchev–Trinajstić information content (AvgIpc) is 2.15. The van der Waals surface area contributed by atoms with Gasteiger partial charge in [-0.25, -0.2) is 9.97 Å². The predicted molar refractivity (Wildman–Crippen MR) is 66.0 cm³/mol. The van der Waals surface area contributed by atoms with Crippen LogP contribution in [0.2, 0.25) is 5.15 Å². The molecule has 0 saturated heterocycles. The van der Waals surface area contributed by atoms with Crippen LogP contribution in [-0.2, 0) is 0 Å². The molecule has 0 radical (unpaired) electrons. The van der Waals surface area contributed by atoms with E-state index in [1.165, 1.54) is 0 Å². The van der Waals surface area contributed by atoms with Gasteiger partial charge in [-0.05, 0) is 21.0 Å². The lowest BCUT2D eigenvalue weighted by Crippen LogP contribution is -2.27. The van der Waals surface area contributed by atoms with Crippen molar-refractivity contribution in [3.8, 4) is 0 Å². The molecule has 0 fully saturated rings. The van der Waals surface area contributed by atoms with E-state index in [1.54, 1.807) is 6.07 Å². The summed E-state index contributed by atoms with van der Waals surface area (Å²) in [5.41, 5.74) is 6.38. The first-order chi connectivity index (χ1) is 7.40. The molecule has 1 aromatic rings. The van der Waals surface area contributed by atoms with Crippen LogP contribution in [0.5, 0.6) is 0 Å². The molecule has 0 aliphatic carbocycles. The van der Waals surface area contributed by atoms with Crippen molar-refractivity contribution in [3.05, 3.63) is 16.9 Å². The SMILES string of the molecule is CC(CC(=N)c1cc(Cl)nc(N)n1)N(C)C. The molecule has 1 aromatic heterocycles. The van der Waals surface area contributed by atoms with Crippen LogP contribution in [0.4, 0.5) is 5.95 Å². The van der Waals surface area contributed by atoms with Crippen LogP contribution in [0.1, 0.15) is 19.0 Å². The smallest absolute Gasteiger partial charge is 0.222 e. The van der Waals surface area contributed by atoms with E-state index in [0.717, 1.165) is 0 Å². The molecule has 88 valence electrons. The van der Waals surface area contributed by atoms with Crippen LogP contribution in [0, 0.1) is 5.41 Å². The Hall–Kier alpha value is -1.20. The van der Waals surface area contributed by atoms with Gasteiger partial charge in [-0.15, -0.1) is 0 Å². The van der Waals surface area contributed by atoms with Crippen molar-refractivity contribution in [2.75, 3.05) is 19.8 Å². The Morgan fingerprint density at radius 2 is 2.19 bits per heavy atom. The summed E-state index contributed by atoms with van der Waals surface area (Å²) < 4.78 is 0. The summed E-state index contributed by atoms with van der Waals surface area (Å²) in [6.45, 7) is 2.04. The number of hydrogen-bond donors (Lipinski definition) is 2. The van der Waals surface area contributed by atoms with Gasteiger partial charge < -0.3 is 16.0 Å². The van der Waals surface area contributed by atoms with Gasteiger partial charge in [0.25, 0.3) is 0 Å².